The van der Waals surface area contributed by atoms with E-state index in [0.717, 1.165) is 0 Å². The molecule has 0 heterocycles. The van der Waals surface area contributed by atoms with E-state index in [4.69, 9.17) is 18.9 Å². The highest BCUT2D eigenvalue weighted by Gasteiger charge is 2.34. The van der Waals surface area contributed by atoms with E-state index in [2.05, 4.69) is 0 Å². The van der Waals surface area contributed by atoms with E-state index in [-0.39, 0.29) is 47.7 Å². The van der Waals surface area contributed by atoms with Crippen LogP contribution >= 0.6 is 0 Å². The first-order valence-electron chi connectivity index (χ1n) is 14.0. The summed E-state index contributed by atoms with van der Waals surface area (Å²) in [6, 6.07) is 14.0. The Hall–Kier alpha value is -3.79. The lowest BCUT2D eigenvalue weighted by atomic mass is 9.87. The lowest BCUT2D eigenvalue weighted by molar-refractivity contribution is 0.0550. The Kier molecular flexibility index (Phi) is 10.2. The Morgan fingerprint density at radius 2 is 0.977 bits per heavy atom. The zero-order chi connectivity index (χ0) is 31.1. The molecule has 2 aromatic rings. The number of Topliss-reactive ketones (excluding diaryl/α,β-unsaturated/α-hetero) is 2. The number of hydrogen-bond donors (Lipinski definition) is 0. The van der Waals surface area contributed by atoms with Crippen molar-refractivity contribution in [3.05, 3.63) is 108 Å². The van der Waals surface area contributed by atoms with Crippen LogP contribution in [0.15, 0.2) is 97.1 Å². The van der Waals surface area contributed by atoms with E-state index in [9.17, 15) is 18.0 Å². The van der Waals surface area contributed by atoms with Crippen molar-refractivity contribution in [3.8, 4) is 11.5 Å². The molecule has 8 nitrogen and oxygen atoms in total. The second kappa shape index (κ2) is 13.7. The number of ketones is 2. The number of para-hydroxylation sites is 2. The average molecular weight is 607 g/mol. The van der Waals surface area contributed by atoms with Crippen molar-refractivity contribution < 1.29 is 37.0 Å². The van der Waals surface area contributed by atoms with Crippen molar-refractivity contribution in [1.82, 2.24) is 0 Å². The summed E-state index contributed by atoms with van der Waals surface area (Å²) in [5.41, 5.74) is -1.03. The number of rotatable bonds is 14. The summed E-state index contributed by atoms with van der Waals surface area (Å²) in [5.74, 6) is -0.198. The molecule has 0 radical (unpaired) electrons. The van der Waals surface area contributed by atoms with Crippen molar-refractivity contribution >= 4 is 21.4 Å². The fourth-order valence-corrected chi connectivity index (χ4v) is 7.11. The van der Waals surface area contributed by atoms with Gasteiger partial charge in [0.2, 0.25) is 0 Å². The van der Waals surface area contributed by atoms with Crippen LogP contribution < -0.4 is 9.47 Å². The lowest BCUT2D eigenvalue weighted by Gasteiger charge is -2.30. The molecule has 9 heteroatoms. The van der Waals surface area contributed by atoms with Gasteiger partial charge in [-0.1, -0.05) is 72.9 Å². The van der Waals surface area contributed by atoms with Crippen molar-refractivity contribution in [2.75, 3.05) is 39.9 Å². The van der Waals surface area contributed by atoms with Gasteiger partial charge in [0.05, 0.1) is 36.9 Å². The Balaban J connectivity index is 1.36. The molecule has 0 N–H and O–H groups in total. The first-order valence-corrected chi connectivity index (χ1v) is 15.8. The maximum Gasteiger partial charge on any atom is 0.170 e. The molecule has 228 valence electrons. The van der Waals surface area contributed by atoms with Crippen LogP contribution in [-0.4, -0.2) is 71.1 Å². The van der Waals surface area contributed by atoms with E-state index in [1.165, 1.54) is 28.4 Å². The number of benzene rings is 2. The number of allylic oxidation sites excluding steroid dienone is 4. The first-order chi connectivity index (χ1) is 20.6. The van der Waals surface area contributed by atoms with Crippen molar-refractivity contribution in [2.24, 2.45) is 11.8 Å². The second-order valence-corrected chi connectivity index (χ2v) is 12.9. The van der Waals surface area contributed by atoms with Crippen LogP contribution in [0.3, 0.4) is 0 Å². The minimum absolute atomic E-state index is 0.0504. The maximum atomic E-state index is 13.2. The molecule has 0 atom stereocenters. The molecule has 0 aromatic heterocycles. The summed E-state index contributed by atoms with van der Waals surface area (Å²) in [4.78, 5) is 26.1. The molecule has 4 rings (SSSR count). The van der Waals surface area contributed by atoms with Crippen LogP contribution in [0, 0.1) is 11.8 Å². The fraction of sp³-hybridized carbons (Fsp3) is 0.353. The van der Waals surface area contributed by atoms with E-state index in [0.29, 0.717) is 22.6 Å². The summed E-state index contributed by atoms with van der Waals surface area (Å²) in [6.45, 7) is 0. The highest BCUT2D eigenvalue weighted by atomic mass is 32.2. The first kappa shape index (κ1) is 32.1. The molecule has 0 spiro atoms. The molecular formula is C34H38O8S. The van der Waals surface area contributed by atoms with Gasteiger partial charge >= 0.3 is 0 Å². The standard InChI is InChI=1S/C34H38O8S/c1-39-31-11-7-5-9-27(31)29(35)21-33(41-3)17-13-25(14-18-33)23-43(37,38)24-26-15-19-34(42-4,20-16-26)22-30(36)28-10-6-8-12-32(28)40-2/h5-20,25-26H,21-24H2,1-4H3. The monoisotopic (exact) mass is 606 g/mol. The molecule has 0 saturated carbocycles. The van der Waals surface area contributed by atoms with E-state index in [1.54, 1.807) is 97.1 Å². The topological polar surface area (TPSA) is 105 Å². The molecule has 0 aliphatic heterocycles. The molecule has 2 aromatic carbocycles. The van der Waals surface area contributed by atoms with Crippen molar-refractivity contribution in [3.63, 3.8) is 0 Å². The number of carbonyl (C=O) groups excluding carboxylic acids is 2. The van der Waals surface area contributed by atoms with Gasteiger partial charge in [0.25, 0.3) is 0 Å². The highest BCUT2D eigenvalue weighted by Crippen LogP contribution is 2.32. The third kappa shape index (κ3) is 7.79. The minimum Gasteiger partial charge on any atom is -0.496 e. The Morgan fingerprint density at radius 1 is 0.628 bits per heavy atom. The smallest absolute Gasteiger partial charge is 0.170 e. The molecule has 43 heavy (non-hydrogen) atoms. The van der Waals surface area contributed by atoms with E-state index < -0.39 is 21.0 Å². The van der Waals surface area contributed by atoms with Gasteiger partial charge in [0.1, 0.15) is 22.7 Å². The summed E-state index contributed by atoms with van der Waals surface area (Å²) in [7, 11) is 2.60. The van der Waals surface area contributed by atoms with Gasteiger partial charge in [-0.25, -0.2) is 8.42 Å². The number of sulfone groups is 1. The molecule has 0 saturated heterocycles. The van der Waals surface area contributed by atoms with Gasteiger partial charge in [-0.15, -0.1) is 0 Å². The molecule has 0 bridgehead atoms. The highest BCUT2D eigenvalue weighted by molar-refractivity contribution is 7.91. The molecular weight excluding hydrogens is 568 g/mol. The van der Waals surface area contributed by atoms with Crippen LogP contribution in [0.1, 0.15) is 33.6 Å². The molecule has 2 aliphatic carbocycles. The average Bonchev–Trinajstić information content (AvgIpc) is 3.02. The van der Waals surface area contributed by atoms with Gasteiger partial charge < -0.3 is 18.9 Å². The molecule has 0 amide bonds. The van der Waals surface area contributed by atoms with Crippen LogP contribution in [0.25, 0.3) is 0 Å². The zero-order valence-corrected chi connectivity index (χ0v) is 25.7. The number of hydrogen-bond acceptors (Lipinski definition) is 8. The predicted octanol–water partition coefficient (Wildman–Crippen LogP) is 5.22. The Morgan fingerprint density at radius 3 is 1.30 bits per heavy atom. The molecule has 0 unspecified atom stereocenters. The van der Waals surface area contributed by atoms with Gasteiger partial charge in [0.15, 0.2) is 21.4 Å². The quantitative estimate of drug-likeness (QED) is 0.213. The third-order valence-electron chi connectivity index (χ3n) is 7.84. The zero-order valence-electron chi connectivity index (χ0n) is 24.9. The number of carbonyl (C=O) groups is 2. The Labute approximate surface area is 253 Å². The van der Waals surface area contributed by atoms with E-state index >= 15 is 0 Å². The van der Waals surface area contributed by atoms with Crippen molar-refractivity contribution in [2.45, 2.75) is 24.0 Å². The van der Waals surface area contributed by atoms with Crippen LogP contribution in [-0.2, 0) is 19.3 Å². The SMILES string of the molecule is COc1ccccc1C(=O)CC1(OC)C=CC(CS(=O)(=O)CC2C=CC(CC(=O)c3ccccc3OC)(OC)C=C2)C=C1. The predicted molar refractivity (Wildman–Crippen MR) is 166 cm³/mol. The summed E-state index contributed by atoms with van der Waals surface area (Å²) in [6.07, 6.45) is 14.2. The molecule has 2 aliphatic rings. The summed E-state index contributed by atoms with van der Waals surface area (Å²) >= 11 is 0. The van der Waals surface area contributed by atoms with Gasteiger partial charge in [-0.3, -0.25) is 9.59 Å². The van der Waals surface area contributed by atoms with E-state index in [1.807, 2.05) is 0 Å². The second-order valence-electron chi connectivity index (χ2n) is 10.8. The minimum atomic E-state index is -3.47. The summed E-state index contributed by atoms with van der Waals surface area (Å²) in [5, 5.41) is 0. The molecule has 0 fully saturated rings. The fourth-order valence-electron chi connectivity index (χ4n) is 5.36. The normalized spacial score (nSPS) is 24.6. The Bertz CT molecular complexity index is 1410. The van der Waals surface area contributed by atoms with Gasteiger partial charge in [-0.2, -0.15) is 0 Å². The van der Waals surface area contributed by atoms with Crippen LogP contribution in [0.2, 0.25) is 0 Å². The van der Waals surface area contributed by atoms with Crippen molar-refractivity contribution in [1.29, 1.82) is 0 Å². The van der Waals surface area contributed by atoms with Gasteiger partial charge in [0, 0.05) is 38.9 Å². The number of ether oxygens (including phenoxy) is 4. The van der Waals surface area contributed by atoms with Crippen LogP contribution in [0.5, 0.6) is 11.5 Å². The lowest BCUT2D eigenvalue weighted by Crippen LogP contribution is -2.34. The number of methoxy groups -OCH3 is 4. The van der Waals surface area contributed by atoms with Crippen LogP contribution in [0.4, 0.5) is 0 Å². The third-order valence-corrected chi connectivity index (χ3v) is 9.63. The van der Waals surface area contributed by atoms with Gasteiger partial charge in [-0.05, 0) is 24.3 Å². The summed E-state index contributed by atoms with van der Waals surface area (Å²) < 4.78 is 48.4. The maximum absolute atomic E-state index is 13.2. The largest absolute Gasteiger partial charge is 0.496 e.